The Hall–Kier alpha value is -2.11. The van der Waals surface area contributed by atoms with Gasteiger partial charge in [-0.1, -0.05) is 17.7 Å². The molecule has 0 aliphatic heterocycles. The number of carbonyl (C=O) groups is 1. The van der Waals surface area contributed by atoms with Gasteiger partial charge >= 0.3 is 0 Å². The van der Waals surface area contributed by atoms with Crippen molar-refractivity contribution >= 4 is 34.5 Å². The number of rotatable bonds is 2. The number of nitrogens with one attached hydrogen (secondary N) is 1. The fraction of sp³-hybridized carbons (Fsp3) is 0.222. The first kappa shape index (κ1) is 15.4. The molecule has 3 aromatic rings. The van der Waals surface area contributed by atoms with Crippen molar-refractivity contribution in [2.75, 3.05) is 5.32 Å². The molecule has 0 atom stereocenters. The van der Waals surface area contributed by atoms with Crippen LogP contribution in [-0.4, -0.2) is 15.7 Å². The minimum absolute atomic E-state index is 0.212. The molecule has 1 aliphatic carbocycles. The highest BCUT2D eigenvalue weighted by molar-refractivity contribution is 7.10. The highest BCUT2D eigenvalue weighted by atomic mass is 35.5. The van der Waals surface area contributed by atoms with Gasteiger partial charge in [0.1, 0.15) is 0 Å². The van der Waals surface area contributed by atoms with Gasteiger partial charge in [0.05, 0.1) is 16.4 Å². The molecular formula is C18H16ClN3OS. The van der Waals surface area contributed by atoms with E-state index in [1.165, 1.54) is 10.4 Å². The first-order chi connectivity index (χ1) is 11.5. The van der Waals surface area contributed by atoms with Crippen LogP contribution in [0.1, 0.15) is 26.5 Å². The zero-order valence-corrected chi connectivity index (χ0v) is 15.0. The predicted molar refractivity (Wildman–Crippen MR) is 98.1 cm³/mol. The molecule has 0 saturated carbocycles. The summed E-state index contributed by atoms with van der Waals surface area (Å²) in [7, 11) is 1.89. The largest absolute Gasteiger partial charge is 0.319 e. The second-order valence-corrected chi connectivity index (χ2v) is 7.40. The molecule has 0 fully saturated rings. The van der Waals surface area contributed by atoms with E-state index in [2.05, 4.69) is 21.9 Å². The third-order valence-corrected chi connectivity index (χ3v) is 5.63. The van der Waals surface area contributed by atoms with Crippen LogP contribution in [0.3, 0.4) is 0 Å². The molecule has 6 heteroatoms. The molecule has 4 nitrogen and oxygen atoms in total. The van der Waals surface area contributed by atoms with Crippen molar-refractivity contribution in [1.82, 2.24) is 9.78 Å². The normalized spacial score (nSPS) is 12.6. The molecule has 2 aromatic heterocycles. The van der Waals surface area contributed by atoms with E-state index in [9.17, 15) is 4.79 Å². The lowest BCUT2D eigenvalue weighted by Crippen LogP contribution is -2.16. The van der Waals surface area contributed by atoms with Crippen molar-refractivity contribution in [3.05, 3.63) is 56.4 Å². The third-order valence-electron chi connectivity index (χ3n) is 4.34. The molecular weight excluding hydrogens is 342 g/mol. The third kappa shape index (κ3) is 2.44. The average Bonchev–Trinajstić information content (AvgIpc) is 3.14. The molecule has 0 saturated heterocycles. The van der Waals surface area contributed by atoms with Crippen LogP contribution in [0, 0.1) is 6.92 Å². The minimum atomic E-state index is -0.212. The number of nitrogens with zero attached hydrogens (tertiary/aromatic N) is 2. The van der Waals surface area contributed by atoms with Crippen molar-refractivity contribution in [2.45, 2.75) is 19.8 Å². The number of halogens is 1. The van der Waals surface area contributed by atoms with Gasteiger partial charge in [0.2, 0.25) is 0 Å². The van der Waals surface area contributed by atoms with Gasteiger partial charge in [-0.25, -0.2) is 0 Å². The van der Waals surface area contributed by atoms with Gasteiger partial charge < -0.3 is 5.32 Å². The highest BCUT2D eigenvalue weighted by Crippen LogP contribution is 2.38. The lowest BCUT2D eigenvalue weighted by atomic mass is 9.94. The molecule has 1 aromatic carbocycles. The summed E-state index contributed by atoms with van der Waals surface area (Å²) in [6.45, 7) is 1.96. The summed E-state index contributed by atoms with van der Waals surface area (Å²) in [6.07, 6.45) is 1.79. The molecule has 122 valence electrons. The Morgan fingerprint density at radius 1 is 1.33 bits per heavy atom. The molecule has 0 radical (unpaired) electrons. The fourth-order valence-corrected chi connectivity index (χ4v) is 4.37. The number of fused-ring (bicyclic) bond motifs is 3. The number of aromatic nitrogens is 2. The van der Waals surface area contributed by atoms with E-state index >= 15 is 0 Å². The topological polar surface area (TPSA) is 46.9 Å². The van der Waals surface area contributed by atoms with Gasteiger partial charge in [-0.3, -0.25) is 9.48 Å². The maximum Gasteiger partial charge on any atom is 0.276 e. The quantitative estimate of drug-likeness (QED) is 0.736. The van der Waals surface area contributed by atoms with Crippen LogP contribution in [0.25, 0.3) is 11.3 Å². The molecule has 0 unspecified atom stereocenters. The van der Waals surface area contributed by atoms with Crippen LogP contribution in [0.2, 0.25) is 5.02 Å². The van der Waals surface area contributed by atoms with Crippen molar-refractivity contribution in [1.29, 1.82) is 0 Å². The molecule has 2 heterocycles. The summed E-state index contributed by atoms with van der Waals surface area (Å²) in [5, 5.41) is 10.0. The zero-order chi connectivity index (χ0) is 16.8. The average molecular weight is 358 g/mol. The first-order valence-electron chi connectivity index (χ1n) is 7.74. The van der Waals surface area contributed by atoms with Gasteiger partial charge in [-0.05, 0) is 48.9 Å². The van der Waals surface area contributed by atoms with Gasteiger partial charge in [-0.15, -0.1) is 11.3 Å². The number of amides is 1. The number of hydrogen-bond donors (Lipinski definition) is 1. The van der Waals surface area contributed by atoms with Gasteiger partial charge in [-0.2, -0.15) is 5.10 Å². The van der Waals surface area contributed by atoms with E-state index in [4.69, 9.17) is 11.6 Å². The zero-order valence-electron chi connectivity index (χ0n) is 13.4. The fourth-order valence-electron chi connectivity index (χ4n) is 3.21. The van der Waals surface area contributed by atoms with Crippen LogP contribution in [-0.2, 0) is 19.9 Å². The van der Waals surface area contributed by atoms with E-state index in [-0.39, 0.29) is 5.91 Å². The van der Waals surface area contributed by atoms with Crippen LogP contribution < -0.4 is 5.32 Å². The lowest BCUT2D eigenvalue weighted by Gasteiger charge is -2.14. The van der Waals surface area contributed by atoms with E-state index < -0.39 is 0 Å². The first-order valence-corrected chi connectivity index (χ1v) is 9.00. The number of carbonyl (C=O) groups excluding carboxylic acids is 1. The summed E-state index contributed by atoms with van der Waals surface area (Å²) in [5.74, 6) is -0.212. The van der Waals surface area contributed by atoms with Crippen LogP contribution in [0.4, 0.5) is 5.69 Å². The number of hydrogen-bond acceptors (Lipinski definition) is 3. The summed E-state index contributed by atoms with van der Waals surface area (Å²) < 4.78 is 1.81. The summed E-state index contributed by atoms with van der Waals surface area (Å²) in [6, 6.07) is 7.69. The molecule has 0 bridgehead atoms. The van der Waals surface area contributed by atoms with E-state index in [1.807, 2.05) is 36.9 Å². The summed E-state index contributed by atoms with van der Waals surface area (Å²) in [4.78, 5) is 14.1. The summed E-state index contributed by atoms with van der Waals surface area (Å²) >= 11 is 7.99. The molecule has 0 spiro atoms. The number of anilines is 1. The van der Waals surface area contributed by atoms with Crippen molar-refractivity contribution < 1.29 is 4.79 Å². The molecule has 24 heavy (non-hydrogen) atoms. The molecule has 1 amide bonds. The monoisotopic (exact) mass is 357 g/mol. The van der Waals surface area contributed by atoms with E-state index in [0.29, 0.717) is 16.4 Å². The Morgan fingerprint density at radius 3 is 2.96 bits per heavy atom. The standard InChI is InChI=1S/C18H16ClN3OS/c1-10-3-5-14(13(19)9-10)20-18(23)16-12-4-6-15-11(7-8-24-15)17(12)22(2)21-16/h3,5,7-9H,4,6H2,1-2H3,(H,20,23). The minimum Gasteiger partial charge on any atom is -0.319 e. The molecule has 4 rings (SSSR count). The number of aryl methyl sites for hydroxylation is 3. The van der Waals surface area contributed by atoms with Gasteiger partial charge in [0, 0.05) is 23.1 Å². The van der Waals surface area contributed by atoms with Crippen LogP contribution in [0.15, 0.2) is 29.6 Å². The molecule has 1 N–H and O–H groups in total. The van der Waals surface area contributed by atoms with Crippen LogP contribution in [0.5, 0.6) is 0 Å². The molecule has 1 aliphatic rings. The Morgan fingerprint density at radius 2 is 2.17 bits per heavy atom. The Balaban J connectivity index is 1.71. The van der Waals surface area contributed by atoms with Crippen molar-refractivity contribution in [2.24, 2.45) is 7.05 Å². The van der Waals surface area contributed by atoms with Crippen molar-refractivity contribution in [3.63, 3.8) is 0 Å². The smallest absolute Gasteiger partial charge is 0.276 e. The Bertz CT molecular complexity index is 957. The SMILES string of the molecule is Cc1ccc(NC(=O)c2nn(C)c3c2CCc2sccc2-3)c(Cl)c1. The Labute approximate surface area is 149 Å². The van der Waals surface area contributed by atoms with Gasteiger partial charge in [0.25, 0.3) is 5.91 Å². The predicted octanol–water partition coefficient (Wildman–Crippen LogP) is 4.46. The highest BCUT2D eigenvalue weighted by Gasteiger charge is 2.28. The Kier molecular flexibility index (Phi) is 3.70. The lowest BCUT2D eigenvalue weighted by molar-refractivity contribution is 0.102. The van der Waals surface area contributed by atoms with E-state index in [0.717, 1.165) is 29.7 Å². The second kappa shape index (κ2) is 5.76. The maximum absolute atomic E-state index is 12.7. The second-order valence-electron chi connectivity index (χ2n) is 5.99. The maximum atomic E-state index is 12.7. The van der Waals surface area contributed by atoms with Gasteiger partial charge in [0.15, 0.2) is 5.69 Å². The number of thiophene rings is 1. The van der Waals surface area contributed by atoms with Crippen LogP contribution >= 0.6 is 22.9 Å². The number of benzene rings is 1. The van der Waals surface area contributed by atoms with Crippen molar-refractivity contribution in [3.8, 4) is 11.3 Å². The summed E-state index contributed by atoms with van der Waals surface area (Å²) in [5.41, 5.74) is 5.42. The van der Waals surface area contributed by atoms with E-state index in [1.54, 1.807) is 11.3 Å².